The molecule has 26 heavy (non-hydrogen) atoms. The Morgan fingerprint density at radius 3 is 2.92 bits per heavy atom. The molecule has 1 saturated carbocycles. The Hall–Kier alpha value is -2.41. The third kappa shape index (κ3) is 3.88. The van der Waals surface area contributed by atoms with E-state index in [4.69, 9.17) is 4.42 Å². The molecule has 1 fully saturated rings. The van der Waals surface area contributed by atoms with E-state index in [9.17, 15) is 9.59 Å². The van der Waals surface area contributed by atoms with E-state index in [1.165, 1.54) is 0 Å². The van der Waals surface area contributed by atoms with Gasteiger partial charge in [-0.25, -0.2) is 4.98 Å². The first kappa shape index (κ1) is 17.0. The number of furan rings is 1. The molecule has 0 unspecified atom stereocenters. The van der Waals surface area contributed by atoms with Gasteiger partial charge in [0.05, 0.1) is 25.3 Å². The van der Waals surface area contributed by atoms with Gasteiger partial charge in [0.25, 0.3) is 5.56 Å². The van der Waals surface area contributed by atoms with Gasteiger partial charge in [0.15, 0.2) is 0 Å². The second-order valence-electron chi connectivity index (χ2n) is 7.22. The van der Waals surface area contributed by atoms with Crippen LogP contribution in [0.3, 0.4) is 0 Å². The number of carbonyl (C=O) groups is 1. The number of hydrogen-bond acceptors (Lipinski definition) is 5. The van der Waals surface area contributed by atoms with Crippen molar-refractivity contribution in [2.24, 2.45) is 5.92 Å². The van der Waals surface area contributed by atoms with Gasteiger partial charge in [-0.3, -0.25) is 19.1 Å². The maximum absolute atomic E-state index is 12.5. The number of nitrogens with one attached hydrogen (secondary N) is 1. The molecule has 3 heterocycles. The predicted molar refractivity (Wildman–Crippen MR) is 95.2 cm³/mol. The van der Waals surface area contributed by atoms with Crippen molar-refractivity contribution in [2.45, 2.75) is 52.4 Å². The Kier molecular flexibility index (Phi) is 4.63. The summed E-state index contributed by atoms with van der Waals surface area (Å²) in [7, 11) is 0. The van der Waals surface area contributed by atoms with Crippen LogP contribution in [0.1, 0.15) is 42.3 Å². The SMILES string of the molecule is Cc1ccc(CN2CCCn3c(nc(CNC(=O)C4CC4)cc3=O)C2)o1. The summed E-state index contributed by atoms with van der Waals surface area (Å²) >= 11 is 0. The minimum Gasteiger partial charge on any atom is -0.465 e. The molecule has 1 amide bonds. The number of hydrogen-bond donors (Lipinski definition) is 1. The van der Waals surface area contributed by atoms with Crippen LogP contribution in [-0.4, -0.2) is 26.9 Å². The molecular weight excluding hydrogens is 332 g/mol. The molecule has 0 aromatic carbocycles. The van der Waals surface area contributed by atoms with Gasteiger partial charge in [-0.15, -0.1) is 0 Å². The van der Waals surface area contributed by atoms with Crippen molar-refractivity contribution in [1.82, 2.24) is 19.8 Å². The molecule has 0 bridgehead atoms. The van der Waals surface area contributed by atoms with E-state index in [1.807, 2.05) is 19.1 Å². The molecule has 7 heteroatoms. The van der Waals surface area contributed by atoms with Crippen molar-refractivity contribution in [3.63, 3.8) is 0 Å². The number of rotatable bonds is 5. The number of carbonyl (C=O) groups excluding carboxylic acids is 1. The lowest BCUT2D eigenvalue weighted by molar-refractivity contribution is -0.122. The third-order valence-corrected chi connectivity index (χ3v) is 4.93. The Morgan fingerprint density at radius 1 is 1.35 bits per heavy atom. The lowest BCUT2D eigenvalue weighted by Gasteiger charge is -2.18. The van der Waals surface area contributed by atoms with Crippen LogP contribution in [-0.2, 0) is 31.0 Å². The molecule has 2 aromatic heterocycles. The van der Waals surface area contributed by atoms with Crippen LogP contribution >= 0.6 is 0 Å². The molecule has 0 spiro atoms. The van der Waals surface area contributed by atoms with Crippen molar-refractivity contribution in [3.8, 4) is 0 Å². The molecule has 7 nitrogen and oxygen atoms in total. The molecular formula is C19H24N4O3. The van der Waals surface area contributed by atoms with Gasteiger partial charge < -0.3 is 9.73 Å². The molecule has 2 aromatic rings. The van der Waals surface area contributed by atoms with Crippen LogP contribution in [0.2, 0.25) is 0 Å². The molecule has 138 valence electrons. The highest BCUT2D eigenvalue weighted by Gasteiger charge is 2.29. The maximum atomic E-state index is 12.5. The fraction of sp³-hybridized carbons (Fsp3) is 0.526. The third-order valence-electron chi connectivity index (χ3n) is 4.93. The van der Waals surface area contributed by atoms with Crippen molar-refractivity contribution in [3.05, 3.63) is 51.6 Å². The van der Waals surface area contributed by atoms with E-state index >= 15 is 0 Å². The Bertz CT molecular complexity index is 866. The zero-order chi connectivity index (χ0) is 18.1. The minimum absolute atomic E-state index is 0.0404. The van der Waals surface area contributed by atoms with Gasteiger partial charge in [-0.1, -0.05) is 0 Å². The van der Waals surface area contributed by atoms with E-state index in [0.29, 0.717) is 31.9 Å². The standard InChI is InChI=1S/C19H24N4O3/c1-13-3-6-16(26-13)11-22-7-2-8-23-17(12-22)21-15(9-18(23)24)10-20-19(25)14-4-5-14/h3,6,9,14H,2,4-5,7-8,10-12H2,1H3,(H,20,25). The van der Waals surface area contributed by atoms with Crippen LogP contribution in [0, 0.1) is 12.8 Å². The predicted octanol–water partition coefficient (Wildman–Crippen LogP) is 1.58. The van der Waals surface area contributed by atoms with E-state index < -0.39 is 0 Å². The first-order valence-corrected chi connectivity index (χ1v) is 9.23. The maximum Gasteiger partial charge on any atom is 0.253 e. The van der Waals surface area contributed by atoms with E-state index in [-0.39, 0.29) is 17.4 Å². The van der Waals surface area contributed by atoms with E-state index in [1.54, 1.807) is 10.6 Å². The van der Waals surface area contributed by atoms with Crippen LogP contribution < -0.4 is 10.9 Å². The summed E-state index contributed by atoms with van der Waals surface area (Å²) in [5, 5.41) is 2.89. The molecule has 1 aliphatic carbocycles. The second kappa shape index (κ2) is 7.07. The summed E-state index contributed by atoms with van der Waals surface area (Å²) in [4.78, 5) is 31.2. The first-order chi connectivity index (χ1) is 12.6. The average Bonchev–Trinajstić information content (AvgIpc) is 3.39. The normalized spacial score (nSPS) is 17.6. The van der Waals surface area contributed by atoms with Gasteiger partial charge in [0.1, 0.15) is 17.3 Å². The fourth-order valence-electron chi connectivity index (χ4n) is 3.38. The van der Waals surface area contributed by atoms with Crippen molar-refractivity contribution in [1.29, 1.82) is 0 Å². The largest absolute Gasteiger partial charge is 0.465 e. The van der Waals surface area contributed by atoms with Crippen LogP contribution in [0.25, 0.3) is 0 Å². The molecule has 0 radical (unpaired) electrons. The Labute approximate surface area is 152 Å². The topological polar surface area (TPSA) is 80.4 Å². The van der Waals surface area contributed by atoms with Gasteiger partial charge in [-0.2, -0.15) is 0 Å². The van der Waals surface area contributed by atoms with Crippen molar-refractivity contribution < 1.29 is 9.21 Å². The van der Waals surface area contributed by atoms with Crippen LogP contribution in [0.4, 0.5) is 0 Å². The number of aryl methyl sites for hydroxylation is 1. The Balaban J connectivity index is 1.49. The van der Waals surface area contributed by atoms with Gasteiger partial charge in [0, 0.05) is 25.1 Å². The summed E-state index contributed by atoms with van der Waals surface area (Å²) in [5.41, 5.74) is 0.590. The molecule has 2 aliphatic rings. The quantitative estimate of drug-likeness (QED) is 0.880. The highest BCUT2D eigenvalue weighted by molar-refractivity contribution is 5.80. The molecule has 1 N–H and O–H groups in total. The number of nitrogens with zero attached hydrogens (tertiary/aromatic N) is 3. The van der Waals surface area contributed by atoms with Gasteiger partial charge in [0.2, 0.25) is 5.91 Å². The monoisotopic (exact) mass is 356 g/mol. The summed E-state index contributed by atoms with van der Waals surface area (Å²) in [5.74, 6) is 2.80. The van der Waals surface area contributed by atoms with E-state index in [0.717, 1.165) is 43.2 Å². The second-order valence-corrected chi connectivity index (χ2v) is 7.22. The molecule has 0 atom stereocenters. The number of amides is 1. The van der Waals surface area contributed by atoms with Crippen LogP contribution in [0.5, 0.6) is 0 Å². The summed E-state index contributed by atoms with van der Waals surface area (Å²) < 4.78 is 7.43. The van der Waals surface area contributed by atoms with Crippen molar-refractivity contribution in [2.75, 3.05) is 6.54 Å². The average molecular weight is 356 g/mol. The smallest absolute Gasteiger partial charge is 0.253 e. The molecule has 4 rings (SSSR count). The minimum atomic E-state index is -0.0404. The molecule has 1 aliphatic heterocycles. The zero-order valence-electron chi connectivity index (χ0n) is 15.0. The lowest BCUT2D eigenvalue weighted by Crippen LogP contribution is -2.30. The summed E-state index contributed by atoms with van der Waals surface area (Å²) in [6.45, 7) is 5.10. The summed E-state index contributed by atoms with van der Waals surface area (Å²) in [6.07, 6.45) is 2.83. The van der Waals surface area contributed by atoms with Crippen molar-refractivity contribution >= 4 is 5.91 Å². The van der Waals surface area contributed by atoms with Gasteiger partial charge >= 0.3 is 0 Å². The number of aromatic nitrogens is 2. The van der Waals surface area contributed by atoms with Gasteiger partial charge in [-0.05, 0) is 38.3 Å². The highest BCUT2D eigenvalue weighted by atomic mass is 16.3. The van der Waals surface area contributed by atoms with Crippen LogP contribution in [0.15, 0.2) is 27.4 Å². The highest BCUT2D eigenvalue weighted by Crippen LogP contribution is 2.28. The zero-order valence-corrected chi connectivity index (χ0v) is 15.0. The number of fused-ring (bicyclic) bond motifs is 1. The Morgan fingerprint density at radius 2 is 2.19 bits per heavy atom. The first-order valence-electron chi connectivity index (χ1n) is 9.23. The fourth-order valence-corrected chi connectivity index (χ4v) is 3.38. The van der Waals surface area contributed by atoms with E-state index in [2.05, 4.69) is 15.2 Å². The molecule has 0 saturated heterocycles. The lowest BCUT2D eigenvalue weighted by atomic mass is 10.3. The summed E-state index contributed by atoms with van der Waals surface area (Å²) in [6, 6.07) is 5.50.